The van der Waals surface area contributed by atoms with E-state index < -0.39 is 0 Å². The second-order valence-electron chi connectivity index (χ2n) is 5.29. The van der Waals surface area contributed by atoms with Gasteiger partial charge in [-0.25, -0.2) is 9.97 Å². The first-order valence-electron chi connectivity index (χ1n) is 7.07. The molecular weight excluding hydrogens is 240 g/mol. The fraction of sp³-hybridized carbons (Fsp3) is 0.714. The maximum absolute atomic E-state index is 9.12. The number of anilines is 1. The average molecular weight is 264 g/mol. The van der Waals surface area contributed by atoms with Crippen molar-refractivity contribution in [1.29, 1.82) is 0 Å². The SMILES string of the molecule is CCC(C)c1cc(C)nc(N2CCN(CO)CC2)n1. The molecule has 1 fully saturated rings. The Bertz CT molecular complexity index is 416. The Morgan fingerprint density at radius 3 is 2.53 bits per heavy atom. The molecule has 0 amide bonds. The summed E-state index contributed by atoms with van der Waals surface area (Å²) >= 11 is 0. The predicted molar refractivity (Wildman–Crippen MR) is 76.3 cm³/mol. The van der Waals surface area contributed by atoms with Gasteiger partial charge in [0.15, 0.2) is 0 Å². The maximum atomic E-state index is 9.12. The van der Waals surface area contributed by atoms with E-state index in [0.717, 1.165) is 49.9 Å². The molecular formula is C14H24N4O. The van der Waals surface area contributed by atoms with Crippen molar-refractivity contribution in [3.8, 4) is 0 Å². The van der Waals surface area contributed by atoms with E-state index in [0.29, 0.717) is 5.92 Å². The van der Waals surface area contributed by atoms with Gasteiger partial charge in [-0.15, -0.1) is 0 Å². The first kappa shape index (κ1) is 14.2. The number of aliphatic hydroxyl groups is 1. The molecule has 0 spiro atoms. The van der Waals surface area contributed by atoms with Crippen molar-refractivity contribution in [2.75, 3.05) is 37.8 Å². The minimum atomic E-state index is 0.140. The summed E-state index contributed by atoms with van der Waals surface area (Å²) < 4.78 is 0. The molecule has 5 heteroatoms. The Labute approximate surface area is 115 Å². The Balaban J connectivity index is 2.14. The predicted octanol–water partition coefficient (Wildman–Crippen LogP) is 1.37. The normalized spacial score (nSPS) is 18.6. The van der Waals surface area contributed by atoms with Crippen LogP contribution in [0.15, 0.2) is 6.07 Å². The molecule has 0 bridgehead atoms. The highest BCUT2D eigenvalue weighted by molar-refractivity contribution is 5.34. The molecule has 1 saturated heterocycles. The summed E-state index contributed by atoms with van der Waals surface area (Å²) in [6.45, 7) is 10.0. The number of aryl methyl sites for hydroxylation is 1. The second kappa shape index (κ2) is 6.30. The molecule has 5 nitrogen and oxygen atoms in total. The molecule has 106 valence electrons. The third-order valence-electron chi connectivity index (χ3n) is 3.83. The summed E-state index contributed by atoms with van der Waals surface area (Å²) in [5, 5.41) is 9.12. The maximum Gasteiger partial charge on any atom is 0.225 e. The Hall–Kier alpha value is -1.20. The zero-order valence-corrected chi connectivity index (χ0v) is 12.1. The summed E-state index contributed by atoms with van der Waals surface area (Å²) in [4.78, 5) is 13.5. The van der Waals surface area contributed by atoms with E-state index in [1.807, 2.05) is 11.8 Å². The third kappa shape index (κ3) is 3.42. The van der Waals surface area contributed by atoms with Gasteiger partial charge in [0.05, 0.1) is 6.73 Å². The van der Waals surface area contributed by atoms with Crippen LogP contribution < -0.4 is 4.90 Å². The largest absolute Gasteiger partial charge is 0.381 e. The number of piperazine rings is 1. The molecule has 1 aliphatic heterocycles. The van der Waals surface area contributed by atoms with Crippen molar-refractivity contribution in [3.05, 3.63) is 17.5 Å². The number of aliphatic hydroxyl groups excluding tert-OH is 1. The van der Waals surface area contributed by atoms with Crippen LogP contribution in [0.4, 0.5) is 5.95 Å². The lowest BCUT2D eigenvalue weighted by Crippen LogP contribution is -2.47. The second-order valence-corrected chi connectivity index (χ2v) is 5.29. The first-order valence-corrected chi connectivity index (χ1v) is 7.07. The van der Waals surface area contributed by atoms with Crippen LogP contribution in [0.1, 0.15) is 37.6 Å². The fourth-order valence-corrected chi connectivity index (χ4v) is 2.27. The van der Waals surface area contributed by atoms with Gasteiger partial charge >= 0.3 is 0 Å². The molecule has 1 aliphatic rings. The van der Waals surface area contributed by atoms with Gasteiger partial charge in [-0.1, -0.05) is 13.8 Å². The van der Waals surface area contributed by atoms with Crippen molar-refractivity contribution in [2.24, 2.45) is 0 Å². The fourth-order valence-electron chi connectivity index (χ4n) is 2.27. The van der Waals surface area contributed by atoms with Crippen LogP contribution in [0.2, 0.25) is 0 Å². The van der Waals surface area contributed by atoms with Gasteiger partial charge in [0, 0.05) is 37.6 Å². The van der Waals surface area contributed by atoms with Crippen molar-refractivity contribution in [3.63, 3.8) is 0 Å². The average Bonchev–Trinajstić information content (AvgIpc) is 2.45. The van der Waals surface area contributed by atoms with Gasteiger partial charge in [-0.2, -0.15) is 0 Å². The molecule has 1 N–H and O–H groups in total. The Morgan fingerprint density at radius 2 is 1.95 bits per heavy atom. The van der Waals surface area contributed by atoms with E-state index >= 15 is 0 Å². The third-order valence-corrected chi connectivity index (χ3v) is 3.83. The highest BCUT2D eigenvalue weighted by atomic mass is 16.3. The van der Waals surface area contributed by atoms with E-state index in [2.05, 4.69) is 29.8 Å². The molecule has 0 aromatic carbocycles. The van der Waals surface area contributed by atoms with Crippen molar-refractivity contribution in [1.82, 2.24) is 14.9 Å². The van der Waals surface area contributed by atoms with E-state index in [4.69, 9.17) is 10.1 Å². The first-order chi connectivity index (χ1) is 9.13. The quantitative estimate of drug-likeness (QED) is 0.890. The van der Waals surface area contributed by atoms with Gasteiger partial charge < -0.3 is 10.0 Å². The lowest BCUT2D eigenvalue weighted by atomic mass is 10.0. The molecule has 2 rings (SSSR count). The minimum Gasteiger partial charge on any atom is -0.381 e. The van der Waals surface area contributed by atoms with Gasteiger partial charge in [0.1, 0.15) is 0 Å². The van der Waals surface area contributed by atoms with Crippen molar-refractivity contribution < 1.29 is 5.11 Å². The minimum absolute atomic E-state index is 0.140. The molecule has 0 aliphatic carbocycles. The molecule has 1 aromatic rings. The summed E-state index contributed by atoms with van der Waals surface area (Å²) in [5.41, 5.74) is 2.17. The smallest absolute Gasteiger partial charge is 0.225 e. The number of hydrogen-bond donors (Lipinski definition) is 1. The van der Waals surface area contributed by atoms with Gasteiger partial charge in [-0.05, 0) is 25.3 Å². The van der Waals surface area contributed by atoms with E-state index in [9.17, 15) is 0 Å². The molecule has 1 unspecified atom stereocenters. The molecule has 1 aromatic heterocycles. The van der Waals surface area contributed by atoms with Crippen molar-refractivity contribution >= 4 is 5.95 Å². The zero-order valence-electron chi connectivity index (χ0n) is 12.1. The van der Waals surface area contributed by atoms with Crippen LogP contribution in [0.25, 0.3) is 0 Å². The topological polar surface area (TPSA) is 52.5 Å². The standard InChI is InChI=1S/C14H24N4O/c1-4-11(2)13-9-12(3)15-14(16-13)18-7-5-17(10-19)6-8-18/h9,11,19H,4-8,10H2,1-3H3. The van der Waals surface area contributed by atoms with E-state index in [1.54, 1.807) is 0 Å². The molecule has 0 radical (unpaired) electrons. The Kier molecular flexibility index (Phi) is 4.71. The summed E-state index contributed by atoms with van der Waals surface area (Å²) in [5.74, 6) is 1.31. The number of nitrogens with zero attached hydrogens (tertiary/aromatic N) is 4. The highest BCUT2D eigenvalue weighted by Crippen LogP contribution is 2.20. The lowest BCUT2D eigenvalue weighted by molar-refractivity contribution is 0.101. The van der Waals surface area contributed by atoms with E-state index in [1.165, 1.54) is 0 Å². The molecule has 2 heterocycles. The van der Waals surface area contributed by atoms with Crippen LogP contribution in [0.3, 0.4) is 0 Å². The summed E-state index contributed by atoms with van der Waals surface area (Å²) in [7, 11) is 0. The van der Waals surface area contributed by atoms with Crippen LogP contribution >= 0.6 is 0 Å². The lowest BCUT2D eigenvalue weighted by Gasteiger charge is -2.33. The zero-order chi connectivity index (χ0) is 13.8. The molecule has 19 heavy (non-hydrogen) atoms. The van der Waals surface area contributed by atoms with E-state index in [-0.39, 0.29) is 6.73 Å². The summed E-state index contributed by atoms with van der Waals surface area (Å²) in [6, 6.07) is 2.08. The monoisotopic (exact) mass is 264 g/mol. The molecule has 1 atom stereocenters. The van der Waals surface area contributed by atoms with Gasteiger partial charge in [0.2, 0.25) is 5.95 Å². The van der Waals surface area contributed by atoms with Crippen molar-refractivity contribution in [2.45, 2.75) is 33.1 Å². The van der Waals surface area contributed by atoms with Crippen LogP contribution in [0.5, 0.6) is 0 Å². The summed E-state index contributed by atoms with van der Waals surface area (Å²) in [6.07, 6.45) is 1.09. The van der Waals surface area contributed by atoms with Crippen LogP contribution in [0, 0.1) is 6.92 Å². The van der Waals surface area contributed by atoms with Gasteiger partial charge in [-0.3, -0.25) is 4.90 Å². The number of hydrogen-bond acceptors (Lipinski definition) is 5. The highest BCUT2D eigenvalue weighted by Gasteiger charge is 2.19. The van der Waals surface area contributed by atoms with Crippen LogP contribution in [-0.2, 0) is 0 Å². The van der Waals surface area contributed by atoms with Crippen LogP contribution in [-0.4, -0.2) is 52.9 Å². The molecule has 0 saturated carbocycles. The van der Waals surface area contributed by atoms with Gasteiger partial charge in [0.25, 0.3) is 0 Å². The Morgan fingerprint density at radius 1 is 1.26 bits per heavy atom. The number of aromatic nitrogens is 2. The number of rotatable bonds is 4.